The first-order valence-corrected chi connectivity index (χ1v) is 7.66. The van der Waals surface area contributed by atoms with Crippen molar-refractivity contribution < 1.29 is 4.74 Å². The van der Waals surface area contributed by atoms with Crippen molar-refractivity contribution in [3.8, 4) is 0 Å². The largest absolute Gasteiger partial charge is 0.374 e. The van der Waals surface area contributed by atoms with Crippen LogP contribution in [0.4, 0.5) is 0 Å². The average molecular weight is 256 g/mol. The van der Waals surface area contributed by atoms with Crippen LogP contribution in [-0.4, -0.2) is 49.8 Å². The van der Waals surface area contributed by atoms with Gasteiger partial charge in [0, 0.05) is 25.7 Å². The molecule has 0 aromatic rings. The van der Waals surface area contributed by atoms with Crippen LogP contribution in [0.5, 0.6) is 0 Å². The van der Waals surface area contributed by atoms with Crippen LogP contribution >= 0.6 is 0 Å². The van der Waals surface area contributed by atoms with Crippen molar-refractivity contribution in [2.24, 2.45) is 5.92 Å². The molecule has 1 unspecified atom stereocenters. The van der Waals surface area contributed by atoms with E-state index in [0.717, 1.165) is 38.7 Å². The Bertz CT molecular complexity index is 207. The van der Waals surface area contributed by atoms with E-state index < -0.39 is 0 Å². The van der Waals surface area contributed by atoms with Gasteiger partial charge in [-0.1, -0.05) is 26.7 Å². The van der Waals surface area contributed by atoms with Gasteiger partial charge in [0.1, 0.15) is 0 Å². The van der Waals surface area contributed by atoms with Gasteiger partial charge in [-0.15, -0.1) is 0 Å². The van der Waals surface area contributed by atoms with Crippen LogP contribution in [0.25, 0.3) is 0 Å². The molecule has 1 saturated heterocycles. The number of morpholine rings is 1. The van der Waals surface area contributed by atoms with E-state index in [9.17, 15) is 0 Å². The van der Waals surface area contributed by atoms with E-state index in [-0.39, 0.29) is 0 Å². The van der Waals surface area contributed by atoms with Crippen LogP contribution in [0, 0.1) is 5.92 Å². The first-order valence-electron chi connectivity index (χ1n) is 7.66. The van der Waals surface area contributed by atoms with Crippen LogP contribution in [0.2, 0.25) is 0 Å². The number of nitrogens with zero attached hydrogens (tertiary/aromatic N) is 1. The van der Waals surface area contributed by atoms with E-state index >= 15 is 0 Å². The van der Waals surface area contributed by atoms with Crippen LogP contribution in [-0.2, 0) is 4.74 Å². The van der Waals surface area contributed by atoms with Crippen LogP contribution < -0.4 is 5.32 Å². The molecule has 108 valence electrons. The van der Waals surface area contributed by atoms with Gasteiger partial charge in [-0.05, 0) is 32.7 Å². The summed E-state index contributed by atoms with van der Waals surface area (Å²) in [5.74, 6) is 0.839. The highest BCUT2D eigenvalue weighted by Gasteiger charge is 2.21. The van der Waals surface area contributed by atoms with Gasteiger partial charge in [0.2, 0.25) is 0 Å². The number of unbranched alkanes of at least 4 members (excludes halogenated alkanes) is 1. The summed E-state index contributed by atoms with van der Waals surface area (Å²) in [7, 11) is 0. The van der Waals surface area contributed by atoms with Crippen molar-refractivity contribution in [3.63, 3.8) is 0 Å². The molecule has 3 heteroatoms. The quantitative estimate of drug-likeness (QED) is 0.675. The third-order valence-electron chi connectivity index (χ3n) is 3.66. The molecule has 1 atom stereocenters. The Morgan fingerprint density at radius 3 is 2.67 bits per heavy atom. The van der Waals surface area contributed by atoms with Crippen molar-refractivity contribution in [2.45, 2.75) is 59.1 Å². The molecule has 1 N–H and O–H groups in total. The Morgan fingerprint density at radius 2 is 2.00 bits per heavy atom. The summed E-state index contributed by atoms with van der Waals surface area (Å²) in [5, 5.41) is 3.54. The standard InChI is InChI=1S/C15H32N2O/c1-13(2)7-5-6-8-16-11-15-12-17(14(3)4)9-10-18-15/h13-16H,5-12H2,1-4H3. The number of nitrogens with one attached hydrogen (secondary N) is 1. The van der Waals surface area contributed by atoms with Crippen molar-refractivity contribution >= 4 is 0 Å². The third kappa shape index (κ3) is 6.72. The molecule has 0 amide bonds. The lowest BCUT2D eigenvalue weighted by Crippen LogP contribution is -2.49. The van der Waals surface area contributed by atoms with E-state index in [1.54, 1.807) is 0 Å². The van der Waals surface area contributed by atoms with Gasteiger partial charge in [0.05, 0.1) is 12.7 Å². The second-order valence-electron chi connectivity index (χ2n) is 6.18. The van der Waals surface area contributed by atoms with E-state index in [1.165, 1.54) is 19.3 Å². The summed E-state index contributed by atoms with van der Waals surface area (Å²) in [4.78, 5) is 2.51. The second kappa shape index (κ2) is 8.89. The van der Waals surface area contributed by atoms with E-state index in [2.05, 4.69) is 37.9 Å². The smallest absolute Gasteiger partial charge is 0.0826 e. The molecular weight excluding hydrogens is 224 g/mol. The SMILES string of the molecule is CC(C)CCCCNCC1CN(C(C)C)CCO1. The summed E-state index contributed by atoms with van der Waals surface area (Å²) in [6.45, 7) is 14.3. The molecule has 0 radical (unpaired) electrons. The first-order chi connectivity index (χ1) is 8.59. The van der Waals surface area contributed by atoms with Gasteiger partial charge in [-0.25, -0.2) is 0 Å². The Hall–Kier alpha value is -0.120. The fourth-order valence-electron chi connectivity index (χ4n) is 2.40. The molecular formula is C15H32N2O. The van der Waals surface area contributed by atoms with Crippen LogP contribution in [0.3, 0.4) is 0 Å². The first kappa shape index (κ1) is 15.9. The highest BCUT2D eigenvalue weighted by Crippen LogP contribution is 2.08. The molecule has 1 aliphatic rings. The number of hydrogen-bond acceptors (Lipinski definition) is 3. The molecule has 0 bridgehead atoms. The van der Waals surface area contributed by atoms with Gasteiger partial charge >= 0.3 is 0 Å². The molecule has 0 saturated carbocycles. The van der Waals surface area contributed by atoms with Gasteiger partial charge in [-0.2, -0.15) is 0 Å². The summed E-state index contributed by atoms with van der Waals surface area (Å²) in [6, 6.07) is 0.641. The summed E-state index contributed by atoms with van der Waals surface area (Å²) >= 11 is 0. The number of hydrogen-bond donors (Lipinski definition) is 1. The normalized spacial score (nSPS) is 22.0. The van der Waals surface area contributed by atoms with Gasteiger partial charge in [0.25, 0.3) is 0 Å². The summed E-state index contributed by atoms with van der Waals surface area (Å²) < 4.78 is 5.80. The van der Waals surface area contributed by atoms with E-state index in [0.29, 0.717) is 12.1 Å². The topological polar surface area (TPSA) is 24.5 Å². The molecule has 3 nitrogen and oxygen atoms in total. The van der Waals surface area contributed by atoms with Crippen molar-refractivity contribution in [3.05, 3.63) is 0 Å². The lowest BCUT2D eigenvalue weighted by Gasteiger charge is -2.35. The molecule has 0 aromatic heterocycles. The minimum absolute atomic E-state index is 0.381. The second-order valence-corrected chi connectivity index (χ2v) is 6.18. The predicted molar refractivity (Wildman–Crippen MR) is 78.0 cm³/mol. The number of ether oxygens (including phenoxy) is 1. The Balaban J connectivity index is 2.01. The molecule has 1 fully saturated rings. The van der Waals surface area contributed by atoms with E-state index in [1.807, 2.05) is 0 Å². The van der Waals surface area contributed by atoms with Crippen molar-refractivity contribution in [1.29, 1.82) is 0 Å². The molecule has 0 aliphatic carbocycles. The predicted octanol–water partition coefficient (Wildman–Crippen LogP) is 2.51. The molecule has 0 aromatic carbocycles. The zero-order valence-electron chi connectivity index (χ0n) is 12.7. The molecule has 0 spiro atoms. The zero-order valence-corrected chi connectivity index (χ0v) is 12.7. The third-order valence-corrected chi connectivity index (χ3v) is 3.66. The maximum absolute atomic E-state index is 5.80. The van der Waals surface area contributed by atoms with Gasteiger partial charge < -0.3 is 10.1 Å². The highest BCUT2D eigenvalue weighted by atomic mass is 16.5. The van der Waals surface area contributed by atoms with Crippen LogP contribution in [0.15, 0.2) is 0 Å². The maximum Gasteiger partial charge on any atom is 0.0826 e. The zero-order chi connectivity index (χ0) is 13.4. The number of rotatable bonds is 8. The Labute approximate surface area is 113 Å². The Kier molecular flexibility index (Phi) is 7.87. The lowest BCUT2D eigenvalue weighted by atomic mass is 10.1. The van der Waals surface area contributed by atoms with E-state index in [4.69, 9.17) is 4.74 Å². The minimum Gasteiger partial charge on any atom is -0.374 e. The molecule has 1 aliphatic heterocycles. The summed E-state index contributed by atoms with van der Waals surface area (Å²) in [5.41, 5.74) is 0. The lowest BCUT2D eigenvalue weighted by molar-refractivity contribution is -0.0370. The average Bonchev–Trinajstić information content (AvgIpc) is 2.33. The van der Waals surface area contributed by atoms with Crippen LogP contribution in [0.1, 0.15) is 47.0 Å². The monoisotopic (exact) mass is 256 g/mol. The minimum atomic E-state index is 0.381. The van der Waals surface area contributed by atoms with Gasteiger partial charge in [-0.3, -0.25) is 4.90 Å². The van der Waals surface area contributed by atoms with Crippen molar-refractivity contribution in [1.82, 2.24) is 10.2 Å². The highest BCUT2D eigenvalue weighted by molar-refractivity contribution is 4.75. The van der Waals surface area contributed by atoms with Gasteiger partial charge in [0.15, 0.2) is 0 Å². The molecule has 1 heterocycles. The summed E-state index contributed by atoms with van der Waals surface area (Å²) in [6.07, 6.45) is 4.36. The maximum atomic E-state index is 5.80. The molecule has 18 heavy (non-hydrogen) atoms. The Morgan fingerprint density at radius 1 is 1.22 bits per heavy atom. The fourth-order valence-corrected chi connectivity index (χ4v) is 2.40. The van der Waals surface area contributed by atoms with Crippen molar-refractivity contribution in [2.75, 3.05) is 32.8 Å². The fraction of sp³-hybridized carbons (Fsp3) is 1.00. The molecule has 1 rings (SSSR count).